The molecule has 0 fully saturated rings. The van der Waals surface area contributed by atoms with Crippen LogP contribution in [-0.4, -0.2) is 31.5 Å². The molecule has 2 rings (SSSR count). The molecular weight excluding hydrogens is 362 g/mol. The topological polar surface area (TPSA) is 98.2 Å². The van der Waals surface area contributed by atoms with Gasteiger partial charge in [-0.2, -0.15) is 0 Å². The Bertz CT molecular complexity index is 762. The predicted molar refractivity (Wildman–Crippen MR) is 78.3 cm³/mol. The molecule has 1 aromatic heterocycles. The van der Waals surface area contributed by atoms with Crippen molar-refractivity contribution in [3.8, 4) is 0 Å². The maximum absolute atomic E-state index is 12.3. The van der Waals surface area contributed by atoms with Gasteiger partial charge in [-0.3, -0.25) is 4.72 Å². The zero-order valence-corrected chi connectivity index (χ0v) is 13.2. The maximum Gasteiger partial charge on any atom is 0.339 e. The van der Waals surface area contributed by atoms with Gasteiger partial charge in [0.15, 0.2) is 5.82 Å². The lowest BCUT2D eigenvalue weighted by Gasteiger charge is -2.10. The number of carbonyl (C=O) groups excluding carboxylic acids is 1. The Morgan fingerprint density at radius 1 is 1.24 bits per heavy atom. The molecule has 0 aliphatic heterocycles. The van der Waals surface area contributed by atoms with Crippen LogP contribution in [0.2, 0.25) is 0 Å². The van der Waals surface area contributed by atoms with Gasteiger partial charge in [0.1, 0.15) is 9.50 Å². The number of rotatable bonds is 4. The normalized spacial score (nSPS) is 11.0. The van der Waals surface area contributed by atoms with Crippen LogP contribution in [-0.2, 0) is 14.8 Å². The van der Waals surface area contributed by atoms with Crippen LogP contribution in [0.15, 0.2) is 46.2 Å². The Balaban J connectivity index is 2.40. The third kappa shape index (κ3) is 3.56. The van der Waals surface area contributed by atoms with Crippen molar-refractivity contribution in [1.29, 1.82) is 0 Å². The van der Waals surface area contributed by atoms with Crippen molar-refractivity contribution in [3.63, 3.8) is 0 Å². The average molecular weight is 372 g/mol. The monoisotopic (exact) mass is 371 g/mol. The van der Waals surface area contributed by atoms with E-state index in [0.717, 1.165) is 0 Å². The van der Waals surface area contributed by atoms with Crippen LogP contribution in [0.1, 0.15) is 10.4 Å². The summed E-state index contributed by atoms with van der Waals surface area (Å²) in [5.74, 6) is -0.698. The van der Waals surface area contributed by atoms with E-state index >= 15 is 0 Å². The first kappa shape index (κ1) is 15.4. The van der Waals surface area contributed by atoms with Gasteiger partial charge in [0.2, 0.25) is 0 Å². The molecule has 9 heteroatoms. The number of aromatic nitrogens is 2. The second-order valence-corrected chi connectivity index (χ2v) is 6.28. The average Bonchev–Trinajstić information content (AvgIpc) is 2.48. The molecule has 0 aliphatic carbocycles. The van der Waals surface area contributed by atoms with Crippen LogP contribution in [0.3, 0.4) is 0 Å². The quantitative estimate of drug-likeness (QED) is 0.823. The number of methoxy groups -OCH3 is 1. The van der Waals surface area contributed by atoms with Crippen molar-refractivity contribution in [3.05, 3.63) is 46.8 Å². The van der Waals surface area contributed by atoms with E-state index in [-0.39, 0.29) is 16.3 Å². The SMILES string of the molecule is COC(=O)c1ccccc1S(=O)(=O)Nc1cnc(Br)cn1. The minimum absolute atomic E-state index is 0.0397. The summed E-state index contributed by atoms with van der Waals surface area (Å²) in [7, 11) is -2.80. The van der Waals surface area contributed by atoms with E-state index in [1.54, 1.807) is 6.07 Å². The summed E-state index contributed by atoms with van der Waals surface area (Å²) in [5, 5.41) is 0. The van der Waals surface area contributed by atoms with Gasteiger partial charge < -0.3 is 4.74 Å². The van der Waals surface area contributed by atoms with Crippen molar-refractivity contribution in [2.24, 2.45) is 0 Å². The number of hydrogen-bond acceptors (Lipinski definition) is 6. The lowest BCUT2D eigenvalue weighted by molar-refractivity contribution is 0.0596. The molecule has 2 aromatic rings. The summed E-state index contributed by atoms with van der Waals surface area (Å²) < 4.78 is 32.0. The number of nitrogens with zero attached hydrogens (tertiary/aromatic N) is 2. The van der Waals surface area contributed by atoms with Gasteiger partial charge in [-0.1, -0.05) is 12.1 Å². The van der Waals surface area contributed by atoms with Crippen LogP contribution < -0.4 is 4.72 Å². The summed E-state index contributed by atoms with van der Waals surface area (Å²) in [5.41, 5.74) is -0.0578. The van der Waals surface area contributed by atoms with E-state index in [1.807, 2.05) is 0 Å². The molecule has 0 spiro atoms. The zero-order chi connectivity index (χ0) is 15.5. The number of benzene rings is 1. The van der Waals surface area contributed by atoms with Crippen LogP contribution in [0.25, 0.3) is 0 Å². The van der Waals surface area contributed by atoms with E-state index in [9.17, 15) is 13.2 Å². The van der Waals surface area contributed by atoms with Gasteiger partial charge in [0.25, 0.3) is 10.0 Å². The molecule has 7 nitrogen and oxygen atoms in total. The second-order valence-electron chi connectivity index (χ2n) is 3.82. The van der Waals surface area contributed by atoms with Crippen molar-refractivity contribution in [2.45, 2.75) is 4.90 Å². The van der Waals surface area contributed by atoms with E-state index in [1.165, 1.54) is 37.7 Å². The van der Waals surface area contributed by atoms with Gasteiger partial charge in [0.05, 0.1) is 25.1 Å². The summed E-state index contributed by atoms with van der Waals surface area (Å²) in [4.78, 5) is 19.2. The van der Waals surface area contributed by atoms with Gasteiger partial charge >= 0.3 is 5.97 Å². The molecule has 21 heavy (non-hydrogen) atoms. The Morgan fingerprint density at radius 2 is 1.95 bits per heavy atom. The molecule has 0 atom stereocenters. The first-order valence-corrected chi connectivity index (χ1v) is 7.89. The van der Waals surface area contributed by atoms with E-state index < -0.39 is 16.0 Å². The van der Waals surface area contributed by atoms with E-state index in [4.69, 9.17) is 0 Å². The Kier molecular flexibility index (Phi) is 4.53. The Labute approximate surface area is 129 Å². The molecule has 1 N–H and O–H groups in total. The van der Waals surface area contributed by atoms with Gasteiger partial charge in [-0.05, 0) is 28.1 Å². The molecule has 110 valence electrons. The fraction of sp³-hybridized carbons (Fsp3) is 0.0833. The first-order valence-electron chi connectivity index (χ1n) is 5.62. The summed E-state index contributed by atoms with van der Waals surface area (Å²) >= 11 is 3.10. The summed E-state index contributed by atoms with van der Waals surface area (Å²) in [6, 6.07) is 5.73. The number of carbonyl (C=O) groups is 1. The van der Waals surface area contributed by atoms with E-state index in [0.29, 0.717) is 4.60 Å². The number of halogens is 1. The molecule has 0 aliphatic rings. The molecule has 0 bridgehead atoms. The van der Waals surface area contributed by atoms with E-state index in [2.05, 4.69) is 35.4 Å². The molecular formula is C12H10BrN3O4S. The second kappa shape index (κ2) is 6.19. The highest BCUT2D eigenvalue weighted by Gasteiger charge is 2.23. The Hall–Kier alpha value is -2.00. The molecule has 0 unspecified atom stereocenters. The summed E-state index contributed by atoms with van der Waals surface area (Å²) in [6.45, 7) is 0. The van der Waals surface area contributed by atoms with Gasteiger partial charge in [0, 0.05) is 0 Å². The molecule has 0 amide bonds. The fourth-order valence-corrected chi connectivity index (χ4v) is 2.93. The number of nitrogens with one attached hydrogen (secondary N) is 1. The minimum Gasteiger partial charge on any atom is -0.465 e. The standard InChI is InChI=1S/C12H10BrN3O4S/c1-20-12(17)8-4-2-3-5-9(8)21(18,19)16-11-7-14-10(13)6-15-11/h2-7H,1H3,(H,15,16). The van der Waals surface area contributed by atoms with Crippen molar-refractivity contribution < 1.29 is 17.9 Å². The molecule has 0 saturated carbocycles. The molecule has 1 aromatic carbocycles. The van der Waals surface area contributed by atoms with Crippen LogP contribution in [0.5, 0.6) is 0 Å². The minimum atomic E-state index is -3.98. The number of esters is 1. The highest BCUT2D eigenvalue weighted by atomic mass is 79.9. The van der Waals surface area contributed by atoms with Crippen molar-refractivity contribution >= 4 is 37.7 Å². The number of hydrogen-bond donors (Lipinski definition) is 1. The maximum atomic E-state index is 12.3. The zero-order valence-electron chi connectivity index (χ0n) is 10.8. The molecule has 1 heterocycles. The van der Waals surface area contributed by atoms with Crippen LogP contribution in [0.4, 0.5) is 5.82 Å². The molecule has 0 radical (unpaired) electrons. The van der Waals surface area contributed by atoms with Gasteiger partial charge in [-0.15, -0.1) is 0 Å². The number of anilines is 1. The fourth-order valence-electron chi connectivity index (χ4n) is 1.54. The Morgan fingerprint density at radius 3 is 2.57 bits per heavy atom. The lowest BCUT2D eigenvalue weighted by Crippen LogP contribution is -2.18. The highest BCUT2D eigenvalue weighted by molar-refractivity contribution is 9.10. The van der Waals surface area contributed by atoms with Crippen molar-refractivity contribution in [2.75, 3.05) is 11.8 Å². The van der Waals surface area contributed by atoms with Crippen LogP contribution in [0, 0.1) is 0 Å². The lowest BCUT2D eigenvalue weighted by atomic mass is 10.2. The number of ether oxygens (including phenoxy) is 1. The number of sulfonamides is 1. The third-order valence-corrected chi connectivity index (χ3v) is 4.26. The van der Waals surface area contributed by atoms with Gasteiger partial charge in [-0.25, -0.2) is 23.2 Å². The smallest absolute Gasteiger partial charge is 0.339 e. The first-order chi connectivity index (χ1) is 9.94. The van der Waals surface area contributed by atoms with Crippen LogP contribution >= 0.6 is 15.9 Å². The molecule has 0 saturated heterocycles. The summed E-state index contributed by atoms with van der Waals surface area (Å²) in [6.07, 6.45) is 2.60. The third-order valence-electron chi connectivity index (χ3n) is 2.44. The van der Waals surface area contributed by atoms with Crippen molar-refractivity contribution in [1.82, 2.24) is 9.97 Å². The largest absolute Gasteiger partial charge is 0.465 e. The predicted octanol–water partition coefficient (Wildman–Crippen LogP) is 1.83. The highest BCUT2D eigenvalue weighted by Crippen LogP contribution is 2.19.